The molecule has 0 bridgehead atoms. The van der Waals surface area contributed by atoms with Crippen LogP contribution in [0.2, 0.25) is 10.0 Å². The van der Waals surface area contributed by atoms with Crippen LogP contribution in [0.25, 0.3) is 0 Å². The zero-order valence-electron chi connectivity index (χ0n) is 17.7. The number of carboxylic acids is 1. The normalized spacial score (nSPS) is 11.8. The number of rotatable bonds is 9. The van der Waals surface area contributed by atoms with Crippen molar-refractivity contribution in [1.29, 1.82) is 0 Å². The van der Waals surface area contributed by atoms with E-state index in [0.717, 1.165) is 0 Å². The highest BCUT2D eigenvalue weighted by atomic mass is 35.5. The lowest BCUT2D eigenvalue weighted by molar-refractivity contribution is -0.137. The number of nitrogens with zero attached hydrogens (tertiary/aromatic N) is 2. The minimum atomic E-state index is -1.09. The second-order valence-electron chi connectivity index (χ2n) is 7.25. The van der Waals surface area contributed by atoms with Crippen LogP contribution in [0.4, 0.5) is 17.1 Å². The van der Waals surface area contributed by atoms with Crippen molar-refractivity contribution in [2.24, 2.45) is 0 Å². The van der Waals surface area contributed by atoms with Crippen LogP contribution in [0.5, 0.6) is 0 Å². The van der Waals surface area contributed by atoms with Crippen LogP contribution in [0.15, 0.2) is 46.2 Å². The maximum absolute atomic E-state index is 12.5. The summed E-state index contributed by atoms with van der Waals surface area (Å²) in [5.41, 5.74) is 0.0762. The van der Waals surface area contributed by atoms with Crippen molar-refractivity contribution < 1.29 is 14.7 Å². The Morgan fingerprint density at radius 3 is 2.24 bits per heavy atom. The van der Waals surface area contributed by atoms with E-state index in [4.69, 9.17) is 23.2 Å². The average Bonchev–Trinajstić information content (AvgIpc) is 2.77. The molecule has 0 unspecified atom stereocenters. The Labute approximate surface area is 198 Å². The van der Waals surface area contributed by atoms with Gasteiger partial charge in [-0.05, 0) is 24.6 Å². The number of carbonyl (C=O) groups is 2. The summed E-state index contributed by atoms with van der Waals surface area (Å²) in [7, 11) is 1.67. The first-order valence-electron chi connectivity index (χ1n) is 9.87. The van der Waals surface area contributed by atoms with Crippen LogP contribution in [0, 0.1) is 0 Å². The molecule has 172 valence electrons. The summed E-state index contributed by atoms with van der Waals surface area (Å²) in [4.78, 5) is 53.4. The average molecular weight is 491 g/mol. The van der Waals surface area contributed by atoms with Crippen molar-refractivity contribution in [3.8, 4) is 0 Å². The molecule has 2 aromatic carbocycles. The summed E-state index contributed by atoms with van der Waals surface area (Å²) in [6.07, 6.45) is 2.28. The predicted molar refractivity (Wildman–Crippen MR) is 128 cm³/mol. The van der Waals surface area contributed by atoms with E-state index in [1.807, 2.05) is 6.92 Å². The molecule has 0 radical (unpaired) electrons. The Kier molecular flexibility index (Phi) is 7.35. The van der Waals surface area contributed by atoms with Gasteiger partial charge in [0.2, 0.25) is 0 Å². The third-order valence-corrected chi connectivity index (χ3v) is 5.66. The summed E-state index contributed by atoms with van der Waals surface area (Å²) in [6, 6.07) is 5.60. The second kappa shape index (κ2) is 10.0. The third kappa shape index (κ3) is 5.15. The van der Waals surface area contributed by atoms with Crippen LogP contribution in [-0.2, 0) is 4.79 Å². The van der Waals surface area contributed by atoms with Gasteiger partial charge < -0.3 is 20.6 Å². The Morgan fingerprint density at radius 1 is 1.09 bits per heavy atom. The summed E-state index contributed by atoms with van der Waals surface area (Å²) in [6.45, 7) is 2.33. The van der Waals surface area contributed by atoms with Crippen molar-refractivity contribution in [3.63, 3.8) is 0 Å². The first-order valence-corrected chi connectivity index (χ1v) is 10.6. The molecule has 0 fully saturated rings. The lowest BCUT2D eigenvalue weighted by Gasteiger charge is -2.25. The van der Waals surface area contributed by atoms with E-state index >= 15 is 0 Å². The van der Waals surface area contributed by atoms with Gasteiger partial charge in [-0.2, -0.15) is 0 Å². The zero-order valence-corrected chi connectivity index (χ0v) is 19.2. The van der Waals surface area contributed by atoms with Crippen LogP contribution in [0.1, 0.15) is 35.3 Å². The largest absolute Gasteiger partial charge is 0.481 e. The van der Waals surface area contributed by atoms with Crippen molar-refractivity contribution >= 4 is 52.1 Å². The fourth-order valence-electron chi connectivity index (χ4n) is 3.26. The number of pyridine rings is 1. The number of hydrogen-bond donors (Lipinski definition) is 3. The second-order valence-corrected chi connectivity index (χ2v) is 8.06. The number of aromatic nitrogens is 1. The van der Waals surface area contributed by atoms with Crippen molar-refractivity contribution in [3.05, 3.63) is 78.3 Å². The predicted octanol–water partition coefficient (Wildman–Crippen LogP) is 3.32. The molecule has 0 saturated carbocycles. The molecule has 3 aromatic rings. The van der Waals surface area contributed by atoms with E-state index in [2.05, 4.69) is 15.6 Å². The summed E-state index contributed by atoms with van der Waals surface area (Å²) < 4.78 is 0. The summed E-state index contributed by atoms with van der Waals surface area (Å²) in [5, 5.41) is 15.1. The van der Waals surface area contributed by atoms with Gasteiger partial charge in [0.25, 0.3) is 16.8 Å². The van der Waals surface area contributed by atoms with Crippen LogP contribution >= 0.6 is 23.2 Å². The molecule has 3 N–H and O–H groups in total. The number of nitrogens with one attached hydrogen (secondary N) is 2. The van der Waals surface area contributed by atoms with Gasteiger partial charge in [0.05, 0.1) is 28.1 Å². The third-order valence-electron chi connectivity index (χ3n) is 5.09. The van der Waals surface area contributed by atoms with Crippen LogP contribution in [-0.4, -0.2) is 35.6 Å². The monoisotopic (exact) mass is 490 g/mol. The quantitative estimate of drug-likeness (QED) is 0.389. The molecule has 0 aliphatic heterocycles. The van der Waals surface area contributed by atoms with E-state index in [-0.39, 0.29) is 33.4 Å². The highest BCUT2D eigenvalue weighted by Crippen LogP contribution is 2.28. The number of benzene rings is 1. The molecular weight excluding hydrogens is 471 g/mol. The Bertz CT molecular complexity index is 1250. The first kappa shape index (κ1) is 24.2. The minimum absolute atomic E-state index is 0.0792. The molecule has 9 nitrogen and oxygen atoms in total. The molecule has 33 heavy (non-hydrogen) atoms. The summed E-state index contributed by atoms with van der Waals surface area (Å²) >= 11 is 12.0. The van der Waals surface area contributed by atoms with Crippen molar-refractivity contribution in [2.75, 3.05) is 29.1 Å². The van der Waals surface area contributed by atoms with E-state index in [0.29, 0.717) is 17.8 Å². The fourth-order valence-corrected chi connectivity index (χ4v) is 3.79. The van der Waals surface area contributed by atoms with Crippen LogP contribution < -0.4 is 26.4 Å². The topological polar surface area (TPSA) is 129 Å². The molecule has 0 spiro atoms. The van der Waals surface area contributed by atoms with Gasteiger partial charge in [-0.1, -0.05) is 35.3 Å². The maximum atomic E-state index is 12.5. The standard InChI is InChI=1S/C22H20Cl2N4O5/c1-3-28(2)19-18(20(31)21(19)32)27-15(8-16(29)30)11-4-6-12(7-5-11)26-22(33)17-13(23)9-25-10-14(17)24/h4-7,9-10,15,27H,3,8H2,1-2H3,(H,26,33)(H,29,30)/t15-/m0/s1. The number of hydrogen-bond acceptors (Lipinski definition) is 7. The van der Waals surface area contributed by atoms with E-state index in [1.54, 1.807) is 36.2 Å². The van der Waals surface area contributed by atoms with Gasteiger partial charge in [-0.15, -0.1) is 0 Å². The fraction of sp³-hybridized carbons (Fsp3) is 0.227. The molecule has 1 atom stereocenters. The van der Waals surface area contributed by atoms with E-state index in [1.165, 1.54) is 12.4 Å². The highest BCUT2D eigenvalue weighted by molar-refractivity contribution is 6.40. The van der Waals surface area contributed by atoms with Gasteiger partial charge in [0.15, 0.2) is 0 Å². The number of amides is 1. The molecule has 0 saturated heterocycles. The molecular formula is C22H20Cl2N4O5. The first-order chi connectivity index (χ1) is 15.6. The number of halogens is 2. The molecule has 3 rings (SSSR count). The molecule has 1 amide bonds. The van der Waals surface area contributed by atoms with E-state index in [9.17, 15) is 24.3 Å². The Hall–Kier alpha value is -3.43. The summed E-state index contributed by atoms with van der Waals surface area (Å²) in [5.74, 6) is -1.62. The van der Waals surface area contributed by atoms with Crippen molar-refractivity contribution in [1.82, 2.24) is 4.98 Å². The Morgan fingerprint density at radius 2 is 1.70 bits per heavy atom. The minimum Gasteiger partial charge on any atom is -0.481 e. The molecule has 0 aliphatic rings. The number of aliphatic carboxylic acids is 1. The molecule has 0 aliphatic carbocycles. The maximum Gasteiger partial charge on any atom is 0.305 e. The number of anilines is 3. The van der Waals surface area contributed by atoms with Gasteiger partial charge in [0.1, 0.15) is 11.4 Å². The lowest BCUT2D eigenvalue weighted by Crippen LogP contribution is -2.41. The zero-order chi connectivity index (χ0) is 24.3. The van der Waals surface area contributed by atoms with E-state index < -0.39 is 28.8 Å². The molecule has 1 heterocycles. The van der Waals surface area contributed by atoms with Gasteiger partial charge in [-0.3, -0.25) is 24.2 Å². The van der Waals surface area contributed by atoms with Gasteiger partial charge in [0, 0.05) is 31.7 Å². The lowest BCUT2D eigenvalue weighted by atomic mass is 10.0. The molecule has 11 heteroatoms. The number of carboxylic acid groups (broad SMARTS) is 1. The number of carbonyl (C=O) groups excluding carboxylic acids is 1. The van der Waals surface area contributed by atoms with Gasteiger partial charge in [-0.25, -0.2) is 0 Å². The Balaban J connectivity index is 1.82. The molecule has 1 aromatic heterocycles. The smallest absolute Gasteiger partial charge is 0.305 e. The highest BCUT2D eigenvalue weighted by Gasteiger charge is 2.27. The van der Waals surface area contributed by atoms with Crippen LogP contribution in [0.3, 0.4) is 0 Å². The van der Waals surface area contributed by atoms with Gasteiger partial charge >= 0.3 is 5.97 Å². The SMILES string of the molecule is CCN(C)c1c(N[C@@H](CC(=O)O)c2ccc(NC(=O)c3c(Cl)cncc3Cl)cc2)c(=O)c1=O. The van der Waals surface area contributed by atoms with Crippen molar-refractivity contribution in [2.45, 2.75) is 19.4 Å².